The van der Waals surface area contributed by atoms with Crippen molar-refractivity contribution < 1.29 is 19.1 Å². The van der Waals surface area contributed by atoms with Crippen LogP contribution in [0.2, 0.25) is 0 Å². The van der Waals surface area contributed by atoms with Crippen molar-refractivity contribution in [3.05, 3.63) is 55.9 Å². The van der Waals surface area contributed by atoms with Gasteiger partial charge in [-0.1, -0.05) is 18.2 Å². The maximum absolute atomic E-state index is 12.9. The number of hydrogen-bond acceptors (Lipinski definition) is 8. The highest BCUT2D eigenvalue weighted by molar-refractivity contribution is 7.11. The van der Waals surface area contributed by atoms with Crippen molar-refractivity contribution in [2.24, 2.45) is 0 Å². The van der Waals surface area contributed by atoms with E-state index in [1.165, 1.54) is 16.0 Å². The Balaban J connectivity index is 2.00. The Morgan fingerprint density at radius 2 is 1.79 bits per heavy atom. The minimum Gasteiger partial charge on any atom is -0.466 e. The molecule has 0 aliphatic rings. The molecule has 9 heteroatoms. The first kappa shape index (κ1) is 20.7. The highest BCUT2D eigenvalue weighted by atomic mass is 32.1. The third-order valence-electron chi connectivity index (χ3n) is 4.16. The minimum absolute atomic E-state index is 0.0421. The van der Waals surface area contributed by atoms with Crippen LogP contribution in [0.15, 0.2) is 29.1 Å². The Hall–Kier alpha value is -3.07. The fourth-order valence-electron chi connectivity index (χ4n) is 2.93. The van der Waals surface area contributed by atoms with Crippen LogP contribution < -0.4 is 5.56 Å². The number of fused-ring (bicyclic) bond motifs is 1. The molecule has 0 atom stereocenters. The normalized spacial score (nSPS) is 10.9. The Morgan fingerprint density at radius 3 is 2.48 bits per heavy atom. The zero-order valence-corrected chi connectivity index (χ0v) is 17.2. The monoisotopic (exact) mass is 415 g/mol. The minimum atomic E-state index is -0.491. The molecule has 0 aliphatic heterocycles. The molecule has 2 heterocycles. The van der Waals surface area contributed by atoms with E-state index in [9.17, 15) is 14.4 Å². The van der Waals surface area contributed by atoms with E-state index in [-0.39, 0.29) is 37.4 Å². The van der Waals surface area contributed by atoms with Crippen LogP contribution >= 0.6 is 11.3 Å². The van der Waals surface area contributed by atoms with E-state index in [0.29, 0.717) is 26.4 Å². The van der Waals surface area contributed by atoms with Crippen molar-refractivity contribution >= 4 is 34.0 Å². The van der Waals surface area contributed by atoms with Crippen LogP contribution in [-0.4, -0.2) is 39.9 Å². The topological polar surface area (TPSA) is 100 Å². The van der Waals surface area contributed by atoms with Crippen molar-refractivity contribution in [3.63, 3.8) is 0 Å². The van der Waals surface area contributed by atoms with Crippen LogP contribution in [0, 0.1) is 6.92 Å². The van der Waals surface area contributed by atoms with Crippen LogP contribution in [0.4, 0.5) is 0 Å². The summed E-state index contributed by atoms with van der Waals surface area (Å²) in [5.41, 5.74) is 0.406. The second-order valence-corrected chi connectivity index (χ2v) is 7.46. The van der Waals surface area contributed by atoms with Gasteiger partial charge >= 0.3 is 11.9 Å². The standard InChI is InChI=1S/C20H21N3O5S/c1-4-27-17(24)10-15-13-8-6-7-9-14(13)19(25)23(22-15)11-16-21-18(12(3)29-16)20(26)28-5-2/h6-9H,4-5,10-11H2,1-3H3. The number of aryl methyl sites for hydroxylation is 1. The van der Waals surface area contributed by atoms with Crippen molar-refractivity contribution in [3.8, 4) is 0 Å². The third-order valence-corrected chi connectivity index (χ3v) is 5.11. The molecule has 29 heavy (non-hydrogen) atoms. The van der Waals surface area contributed by atoms with Gasteiger partial charge in [0.1, 0.15) is 5.01 Å². The summed E-state index contributed by atoms with van der Waals surface area (Å²) in [7, 11) is 0. The molecule has 3 rings (SSSR count). The number of nitrogens with zero attached hydrogens (tertiary/aromatic N) is 3. The smallest absolute Gasteiger partial charge is 0.358 e. The quantitative estimate of drug-likeness (QED) is 0.547. The SMILES string of the molecule is CCOC(=O)Cc1nn(Cc2nc(C(=O)OCC)c(C)s2)c(=O)c2ccccc12. The molecule has 152 valence electrons. The number of ether oxygens (including phenoxy) is 2. The third kappa shape index (κ3) is 4.51. The molecule has 0 unspecified atom stereocenters. The first-order valence-corrected chi connectivity index (χ1v) is 10.0. The molecule has 2 aromatic heterocycles. The molecule has 0 fully saturated rings. The molecular weight excluding hydrogens is 394 g/mol. The molecule has 0 saturated carbocycles. The van der Waals surface area contributed by atoms with Crippen LogP contribution in [0.3, 0.4) is 0 Å². The first-order valence-electron chi connectivity index (χ1n) is 9.22. The number of hydrogen-bond donors (Lipinski definition) is 0. The summed E-state index contributed by atoms with van der Waals surface area (Å²) in [6.07, 6.45) is -0.0421. The summed E-state index contributed by atoms with van der Waals surface area (Å²) in [6.45, 7) is 5.85. The van der Waals surface area contributed by atoms with Crippen molar-refractivity contribution in [2.75, 3.05) is 13.2 Å². The average molecular weight is 415 g/mol. The molecule has 8 nitrogen and oxygen atoms in total. The molecule has 0 aliphatic carbocycles. The van der Waals surface area contributed by atoms with Gasteiger partial charge in [0, 0.05) is 10.3 Å². The second kappa shape index (κ2) is 8.95. The first-order chi connectivity index (χ1) is 13.9. The van der Waals surface area contributed by atoms with Gasteiger partial charge in [-0.25, -0.2) is 14.5 Å². The number of aromatic nitrogens is 3. The van der Waals surface area contributed by atoms with Crippen molar-refractivity contribution in [2.45, 2.75) is 33.7 Å². The largest absolute Gasteiger partial charge is 0.466 e. The molecule has 0 spiro atoms. The summed E-state index contributed by atoms with van der Waals surface area (Å²) >= 11 is 1.30. The average Bonchev–Trinajstić information content (AvgIpc) is 3.06. The Bertz CT molecular complexity index is 1120. The number of rotatable bonds is 7. The summed E-state index contributed by atoms with van der Waals surface area (Å²) < 4.78 is 11.3. The Kier molecular flexibility index (Phi) is 6.38. The van der Waals surface area contributed by atoms with Crippen LogP contribution in [0.5, 0.6) is 0 Å². The summed E-state index contributed by atoms with van der Waals surface area (Å²) in [5.74, 6) is -0.903. The van der Waals surface area contributed by atoms with E-state index in [1.807, 2.05) is 0 Å². The number of thiazole rings is 1. The van der Waals surface area contributed by atoms with Crippen LogP contribution in [0.25, 0.3) is 10.8 Å². The van der Waals surface area contributed by atoms with E-state index >= 15 is 0 Å². The molecule has 1 aromatic carbocycles. The zero-order valence-electron chi connectivity index (χ0n) is 16.4. The van der Waals surface area contributed by atoms with E-state index in [4.69, 9.17) is 9.47 Å². The van der Waals surface area contributed by atoms with Gasteiger partial charge in [-0.05, 0) is 26.8 Å². The van der Waals surface area contributed by atoms with Gasteiger partial charge in [0.25, 0.3) is 5.56 Å². The number of esters is 2. The van der Waals surface area contributed by atoms with E-state index in [2.05, 4.69) is 10.1 Å². The van der Waals surface area contributed by atoms with Gasteiger partial charge < -0.3 is 9.47 Å². The molecule has 0 bridgehead atoms. The maximum Gasteiger partial charge on any atom is 0.358 e. The Morgan fingerprint density at radius 1 is 1.10 bits per heavy atom. The lowest BCUT2D eigenvalue weighted by Gasteiger charge is -2.10. The predicted molar refractivity (Wildman–Crippen MR) is 108 cm³/mol. The van der Waals surface area contributed by atoms with Gasteiger partial charge in [0.2, 0.25) is 0 Å². The van der Waals surface area contributed by atoms with Crippen molar-refractivity contribution in [1.29, 1.82) is 0 Å². The maximum atomic E-state index is 12.9. The van der Waals surface area contributed by atoms with Gasteiger partial charge in [-0.3, -0.25) is 9.59 Å². The van der Waals surface area contributed by atoms with Crippen LogP contribution in [-0.2, 0) is 27.2 Å². The predicted octanol–water partition coefficient (Wildman–Crippen LogP) is 2.49. The molecule has 0 radical (unpaired) electrons. The fraction of sp³-hybridized carbons (Fsp3) is 0.350. The molecule has 0 N–H and O–H groups in total. The van der Waals surface area contributed by atoms with E-state index in [1.54, 1.807) is 45.0 Å². The summed E-state index contributed by atoms with van der Waals surface area (Å²) in [5, 5.41) is 6.02. The fourth-order valence-corrected chi connectivity index (χ4v) is 3.83. The lowest BCUT2D eigenvalue weighted by Crippen LogP contribution is -2.26. The lowest BCUT2D eigenvalue weighted by molar-refractivity contribution is -0.142. The molecule has 0 saturated heterocycles. The summed E-state index contributed by atoms with van der Waals surface area (Å²) in [4.78, 5) is 41.9. The van der Waals surface area contributed by atoms with Gasteiger partial charge in [-0.2, -0.15) is 5.10 Å². The highest BCUT2D eigenvalue weighted by Crippen LogP contribution is 2.20. The van der Waals surface area contributed by atoms with E-state index < -0.39 is 11.9 Å². The van der Waals surface area contributed by atoms with Crippen molar-refractivity contribution in [1.82, 2.24) is 14.8 Å². The molecule has 0 amide bonds. The number of carbonyl (C=O) groups is 2. The lowest BCUT2D eigenvalue weighted by atomic mass is 10.1. The van der Waals surface area contributed by atoms with E-state index in [0.717, 1.165) is 0 Å². The zero-order chi connectivity index (χ0) is 21.0. The molecular formula is C20H21N3O5S. The highest BCUT2D eigenvalue weighted by Gasteiger charge is 2.19. The number of carbonyl (C=O) groups excluding carboxylic acids is 2. The number of benzene rings is 1. The van der Waals surface area contributed by atoms with Gasteiger partial charge in [0.05, 0.1) is 37.3 Å². The van der Waals surface area contributed by atoms with Crippen LogP contribution in [0.1, 0.15) is 39.9 Å². The molecule has 3 aromatic rings. The second-order valence-electron chi connectivity index (χ2n) is 6.17. The summed E-state index contributed by atoms with van der Waals surface area (Å²) in [6, 6.07) is 7.00. The Labute approximate surface area is 171 Å². The van der Waals surface area contributed by atoms with Gasteiger partial charge in [0.15, 0.2) is 5.69 Å². The van der Waals surface area contributed by atoms with Gasteiger partial charge in [-0.15, -0.1) is 11.3 Å².